The van der Waals surface area contributed by atoms with Crippen LogP contribution in [0.1, 0.15) is 13.8 Å². The van der Waals surface area contributed by atoms with Crippen molar-refractivity contribution < 1.29 is 39.3 Å². The molecule has 0 heterocycles. The maximum absolute atomic E-state index is 10.4. The topological polar surface area (TPSA) is 86.7 Å². The summed E-state index contributed by atoms with van der Waals surface area (Å²) in [5, 5.41) is 20.8. The largest absolute Gasteiger partial charge is 2.00 e. The summed E-state index contributed by atoms with van der Waals surface area (Å²) in [7, 11) is 1.57. The van der Waals surface area contributed by atoms with E-state index >= 15 is 0 Å². The van der Waals surface area contributed by atoms with Gasteiger partial charge in [-0.15, -0.1) is 0 Å². The van der Waals surface area contributed by atoms with Crippen LogP contribution in [0.25, 0.3) is 0 Å². The molecular formula is C6H10N2O4S2Zn. The first-order valence-corrected chi connectivity index (χ1v) is 5.91. The SMILES string of the molecule is CCN(SSN(CC)C(=O)[O-])C(=O)[O-].[Zn+2]. The van der Waals surface area contributed by atoms with Gasteiger partial charge in [0.05, 0.1) is 0 Å². The smallest absolute Gasteiger partial charge is 0.529 e. The number of carbonyl (C=O) groups excluding carboxylic acids is 2. The molecule has 15 heavy (non-hydrogen) atoms. The zero-order valence-electron chi connectivity index (χ0n) is 8.47. The molecule has 0 N–H and O–H groups in total. The minimum Gasteiger partial charge on any atom is -0.529 e. The van der Waals surface area contributed by atoms with E-state index in [0.29, 0.717) is 0 Å². The molecular weight excluding hydrogens is 294 g/mol. The van der Waals surface area contributed by atoms with E-state index in [1.54, 1.807) is 13.8 Å². The van der Waals surface area contributed by atoms with Gasteiger partial charge < -0.3 is 19.8 Å². The molecule has 0 aromatic carbocycles. The average Bonchev–Trinajstić information content (AvgIpc) is 2.11. The van der Waals surface area contributed by atoms with Crippen molar-refractivity contribution in [2.45, 2.75) is 13.8 Å². The maximum Gasteiger partial charge on any atom is 2.00 e. The van der Waals surface area contributed by atoms with Gasteiger partial charge in [0.1, 0.15) is 12.2 Å². The normalized spacial score (nSPS) is 8.93. The predicted octanol–water partition coefficient (Wildman–Crippen LogP) is -0.474. The summed E-state index contributed by atoms with van der Waals surface area (Å²) in [6.45, 7) is 3.70. The molecule has 0 aromatic heterocycles. The van der Waals surface area contributed by atoms with Crippen LogP contribution in [0.5, 0.6) is 0 Å². The first-order chi connectivity index (χ1) is 6.52. The minimum atomic E-state index is -1.35. The van der Waals surface area contributed by atoms with Crippen molar-refractivity contribution in [2.24, 2.45) is 0 Å². The van der Waals surface area contributed by atoms with Crippen LogP contribution in [0.2, 0.25) is 0 Å². The number of carbonyl (C=O) groups is 2. The molecule has 0 saturated heterocycles. The van der Waals surface area contributed by atoms with Crippen LogP contribution in [-0.2, 0) is 19.5 Å². The molecule has 0 unspecified atom stereocenters. The molecule has 0 radical (unpaired) electrons. The molecule has 0 saturated carbocycles. The summed E-state index contributed by atoms with van der Waals surface area (Å²) in [5.41, 5.74) is 0. The van der Waals surface area contributed by atoms with E-state index in [2.05, 4.69) is 0 Å². The van der Waals surface area contributed by atoms with Gasteiger partial charge >= 0.3 is 19.5 Å². The Morgan fingerprint density at radius 1 is 1.00 bits per heavy atom. The van der Waals surface area contributed by atoms with Gasteiger partial charge in [0.25, 0.3) is 0 Å². The predicted molar refractivity (Wildman–Crippen MR) is 50.7 cm³/mol. The van der Waals surface area contributed by atoms with E-state index in [-0.39, 0.29) is 32.6 Å². The fourth-order valence-corrected chi connectivity index (χ4v) is 2.48. The average molecular weight is 304 g/mol. The quantitative estimate of drug-likeness (QED) is 0.387. The van der Waals surface area contributed by atoms with Gasteiger partial charge in [0, 0.05) is 35.0 Å². The number of rotatable bonds is 5. The van der Waals surface area contributed by atoms with Crippen molar-refractivity contribution >= 4 is 34.1 Å². The Labute approximate surface area is 109 Å². The Balaban J connectivity index is 0. The molecule has 0 spiro atoms. The van der Waals surface area contributed by atoms with Gasteiger partial charge in [0.2, 0.25) is 0 Å². The Morgan fingerprint density at radius 2 is 1.27 bits per heavy atom. The number of hydrogen-bond acceptors (Lipinski definition) is 6. The van der Waals surface area contributed by atoms with Crippen LogP contribution >= 0.6 is 22.0 Å². The zero-order chi connectivity index (χ0) is 11.1. The summed E-state index contributed by atoms with van der Waals surface area (Å²) < 4.78 is 1.83. The number of carboxylic acid groups (broad SMARTS) is 2. The van der Waals surface area contributed by atoms with Crippen molar-refractivity contribution in [3.63, 3.8) is 0 Å². The van der Waals surface area contributed by atoms with Crippen LogP contribution < -0.4 is 10.2 Å². The first kappa shape index (κ1) is 17.3. The molecule has 6 nitrogen and oxygen atoms in total. The van der Waals surface area contributed by atoms with E-state index in [1.807, 2.05) is 0 Å². The number of hydrogen-bond donors (Lipinski definition) is 0. The Morgan fingerprint density at radius 3 is 1.40 bits per heavy atom. The summed E-state index contributed by atoms with van der Waals surface area (Å²) in [6, 6.07) is 0. The van der Waals surface area contributed by atoms with E-state index < -0.39 is 12.2 Å². The van der Waals surface area contributed by atoms with Crippen LogP contribution in [0, 0.1) is 0 Å². The molecule has 0 aromatic rings. The summed E-state index contributed by atoms with van der Waals surface area (Å²) in [4.78, 5) is 20.8. The number of nitrogens with zero attached hydrogens (tertiary/aromatic N) is 2. The van der Waals surface area contributed by atoms with Gasteiger partial charge in [-0.3, -0.25) is 8.61 Å². The van der Waals surface area contributed by atoms with Crippen LogP contribution in [0.3, 0.4) is 0 Å². The third kappa shape index (κ3) is 6.86. The third-order valence-corrected chi connectivity index (χ3v) is 3.72. The third-order valence-electron chi connectivity index (χ3n) is 1.19. The number of amides is 2. The second-order valence-corrected chi connectivity index (χ2v) is 4.14. The summed E-state index contributed by atoms with van der Waals surface area (Å²) in [6.07, 6.45) is -2.70. The standard InChI is InChI=1S/C6H12N2O4S2.Zn/c1-3-7(5(9)10)13-14-8(4-2)6(11)12;/h3-4H2,1-2H3,(H,9,10)(H,11,12);/q;+2/p-2. The molecule has 0 atom stereocenters. The summed E-state index contributed by atoms with van der Waals surface area (Å²) in [5.74, 6) is 0. The second-order valence-electron chi connectivity index (χ2n) is 2.07. The van der Waals surface area contributed by atoms with E-state index in [1.165, 1.54) is 0 Å². The van der Waals surface area contributed by atoms with E-state index in [4.69, 9.17) is 0 Å². The molecule has 0 fully saturated rings. The van der Waals surface area contributed by atoms with Gasteiger partial charge in [-0.05, 0) is 13.8 Å². The Bertz CT molecular complexity index is 197. The van der Waals surface area contributed by atoms with E-state index in [9.17, 15) is 19.8 Å². The molecule has 0 bridgehead atoms. The molecule has 0 rings (SSSR count). The first-order valence-electron chi connectivity index (χ1n) is 3.84. The molecule has 0 aliphatic carbocycles. The molecule has 9 heteroatoms. The monoisotopic (exact) mass is 302 g/mol. The maximum atomic E-state index is 10.4. The molecule has 82 valence electrons. The fourth-order valence-electron chi connectivity index (χ4n) is 0.505. The van der Waals surface area contributed by atoms with Crippen molar-refractivity contribution in [1.29, 1.82) is 0 Å². The van der Waals surface area contributed by atoms with Gasteiger partial charge in [-0.25, -0.2) is 0 Å². The molecule has 0 aliphatic rings. The van der Waals surface area contributed by atoms with Crippen LogP contribution in [0.15, 0.2) is 0 Å². The van der Waals surface area contributed by atoms with Gasteiger partial charge in [0.15, 0.2) is 0 Å². The van der Waals surface area contributed by atoms with Crippen molar-refractivity contribution in [2.75, 3.05) is 13.1 Å². The van der Waals surface area contributed by atoms with Crippen LogP contribution in [0.4, 0.5) is 9.59 Å². The summed E-state index contributed by atoms with van der Waals surface area (Å²) >= 11 is 0. The molecule has 0 aliphatic heterocycles. The minimum absolute atomic E-state index is 0. The second kappa shape index (κ2) is 9.12. The van der Waals surface area contributed by atoms with Crippen molar-refractivity contribution in [1.82, 2.24) is 8.61 Å². The van der Waals surface area contributed by atoms with Gasteiger partial charge in [-0.1, -0.05) is 0 Å². The Kier molecular flexibility index (Phi) is 10.5. The molecule has 2 amide bonds. The van der Waals surface area contributed by atoms with E-state index in [0.717, 1.165) is 30.6 Å². The van der Waals surface area contributed by atoms with Crippen molar-refractivity contribution in [3.8, 4) is 0 Å². The zero-order valence-corrected chi connectivity index (χ0v) is 13.1. The fraction of sp³-hybridized carbons (Fsp3) is 0.667. The van der Waals surface area contributed by atoms with Gasteiger partial charge in [-0.2, -0.15) is 0 Å². The van der Waals surface area contributed by atoms with Crippen molar-refractivity contribution in [3.05, 3.63) is 0 Å². The Hall–Kier alpha value is -0.137. The van der Waals surface area contributed by atoms with Crippen LogP contribution in [-0.4, -0.2) is 33.9 Å².